The molecule has 0 atom stereocenters. The highest BCUT2D eigenvalue weighted by atomic mass is 79.9. The van der Waals surface area contributed by atoms with E-state index in [2.05, 4.69) is 47.9 Å². The molecule has 0 saturated carbocycles. The molecule has 6 nitrogen and oxygen atoms in total. The van der Waals surface area contributed by atoms with Crippen LogP contribution in [0.5, 0.6) is 5.75 Å². The van der Waals surface area contributed by atoms with Crippen LogP contribution in [0.2, 0.25) is 0 Å². The number of nitrogens with one attached hydrogen (secondary N) is 1. The van der Waals surface area contributed by atoms with Crippen molar-refractivity contribution < 1.29 is 4.74 Å². The summed E-state index contributed by atoms with van der Waals surface area (Å²) in [4.78, 5) is 10.8. The van der Waals surface area contributed by atoms with Gasteiger partial charge in [-0.2, -0.15) is 4.98 Å². The summed E-state index contributed by atoms with van der Waals surface area (Å²) in [5.41, 5.74) is 0.998. The van der Waals surface area contributed by atoms with Crippen LogP contribution >= 0.6 is 39.5 Å². The summed E-state index contributed by atoms with van der Waals surface area (Å²) in [7, 11) is 1.66. The largest absolute Gasteiger partial charge is 0.497 e. The monoisotopic (exact) mass is 479 g/mol. The maximum Gasteiger partial charge on any atom is 0.217 e. The second-order valence-electron chi connectivity index (χ2n) is 6.75. The minimum absolute atomic E-state index is 0.580. The smallest absolute Gasteiger partial charge is 0.217 e. The molecule has 3 heterocycles. The lowest BCUT2D eigenvalue weighted by atomic mass is 10.2. The zero-order valence-electron chi connectivity index (χ0n) is 15.6. The van der Waals surface area contributed by atoms with Crippen molar-refractivity contribution in [3.63, 3.8) is 0 Å². The predicted octanol–water partition coefficient (Wildman–Crippen LogP) is 4.22. The average molecular weight is 480 g/mol. The van der Waals surface area contributed by atoms with Crippen molar-refractivity contribution >= 4 is 39.5 Å². The summed E-state index contributed by atoms with van der Waals surface area (Å²) in [6.45, 7) is 5.91. The normalized spacial score (nSPS) is 15.8. The van der Waals surface area contributed by atoms with E-state index in [0.29, 0.717) is 4.77 Å². The van der Waals surface area contributed by atoms with Gasteiger partial charge < -0.3 is 4.74 Å². The molecule has 2 aromatic heterocycles. The lowest BCUT2D eigenvalue weighted by molar-refractivity contribution is 0.0989. The summed E-state index contributed by atoms with van der Waals surface area (Å²) < 4.78 is 8.94. The number of rotatable bonds is 6. The lowest BCUT2D eigenvalue weighted by Crippen LogP contribution is -2.46. The Kier molecular flexibility index (Phi) is 6.27. The summed E-state index contributed by atoms with van der Waals surface area (Å²) in [5, 5.41) is 3.34. The third-order valence-corrected chi connectivity index (χ3v) is 6.78. The van der Waals surface area contributed by atoms with Crippen molar-refractivity contribution in [3.8, 4) is 17.1 Å². The molecule has 28 heavy (non-hydrogen) atoms. The van der Waals surface area contributed by atoms with E-state index in [1.807, 2.05) is 40.3 Å². The highest BCUT2D eigenvalue weighted by molar-refractivity contribution is 9.11. The molecule has 148 valence electrons. The Hall–Kier alpha value is -1.52. The second kappa shape index (κ2) is 8.87. The molecule has 1 aromatic carbocycles. The van der Waals surface area contributed by atoms with Crippen molar-refractivity contribution in [1.29, 1.82) is 0 Å². The molecule has 9 heteroatoms. The number of aromatic nitrogens is 3. The predicted molar refractivity (Wildman–Crippen MR) is 118 cm³/mol. The number of aromatic amines is 1. The number of nitrogens with zero attached hydrogens (tertiary/aromatic N) is 4. The van der Waals surface area contributed by atoms with Crippen molar-refractivity contribution in [2.45, 2.75) is 13.2 Å². The van der Waals surface area contributed by atoms with E-state index in [4.69, 9.17) is 17.0 Å². The first-order valence-electron chi connectivity index (χ1n) is 9.11. The second-order valence-corrected chi connectivity index (χ2v) is 9.67. The van der Waals surface area contributed by atoms with Gasteiger partial charge in [-0.1, -0.05) is 0 Å². The van der Waals surface area contributed by atoms with E-state index in [-0.39, 0.29) is 0 Å². The molecule has 0 spiro atoms. The van der Waals surface area contributed by atoms with Crippen LogP contribution in [-0.4, -0.2) is 57.9 Å². The van der Waals surface area contributed by atoms with Gasteiger partial charge in [0.05, 0.1) is 17.6 Å². The number of ether oxygens (including phenoxy) is 1. The number of piperazine rings is 1. The SMILES string of the molecule is COc1ccc(-c2nc(=S)n(CN3CCN(Cc4ccc(Br)s4)CC3)[nH]2)cc1. The standard InChI is InChI=1S/C19H22BrN5OS2/c1-26-15-4-2-14(3-5-15)18-21-19(27)25(22-18)13-24-10-8-23(9-11-24)12-16-6-7-17(20)28-16/h2-7H,8-13H2,1H3,(H,21,22,27). The molecule has 1 aliphatic heterocycles. The van der Waals surface area contributed by atoms with E-state index in [1.165, 1.54) is 8.66 Å². The molecule has 1 saturated heterocycles. The summed E-state index contributed by atoms with van der Waals surface area (Å²) >= 11 is 10.8. The van der Waals surface area contributed by atoms with Gasteiger partial charge in [-0.25, -0.2) is 4.68 Å². The maximum atomic E-state index is 5.46. The Morgan fingerprint density at radius 2 is 1.82 bits per heavy atom. The molecular formula is C19H22BrN5OS2. The first-order chi connectivity index (χ1) is 13.6. The fourth-order valence-electron chi connectivity index (χ4n) is 3.28. The van der Waals surface area contributed by atoms with Gasteiger partial charge in [0.1, 0.15) is 5.75 Å². The minimum atomic E-state index is 0.580. The Morgan fingerprint density at radius 1 is 1.11 bits per heavy atom. The van der Waals surface area contributed by atoms with Crippen molar-refractivity contribution in [3.05, 3.63) is 49.8 Å². The van der Waals surface area contributed by atoms with Gasteiger partial charge >= 0.3 is 0 Å². The van der Waals surface area contributed by atoms with Crippen LogP contribution < -0.4 is 4.74 Å². The van der Waals surface area contributed by atoms with Crippen LogP contribution in [0, 0.1) is 4.77 Å². The summed E-state index contributed by atoms with van der Waals surface area (Å²) in [5.74, 6) is 1.61. The van der Waals surface area contributed by atoms with Crippen LogP contribution in [0.15, 0.2) is 40.2 Å². The van der Waals surface area contributed by atoms with E-state index in [9.17, 15) is 0 Å². The fourth-order valence-corrected chi connectivity index (χ4v) is 5.00. The number of benzene rings is 1. The van der Waals surface area contributed by atoms with Crippen LogP contribution in [-0.2, 0) is 13.2 Å². The third-order valence-electron chi connectivity index (χ3n) is 4.86. The highest BCUT2D eigenvalue weighted by Gasteiger charge is 2.18. The quantitative estimate of drug-likeness (QED) is 0.536. The van der Waals surface area contributed by atoms with E-state index in [1.54, 1.807) is 7.11 Å². The van der Waals surface area contributed by atoms with E-state index >= 15 is 0 Å². The van der Waals surface area contributed by atoms with E-state index in [0.717, 1.165) is 56.5 Å². The van der Waals surface area contributed by atoms with Crippen molar-refractivity contribution in [2.75, 3.05) is 33.3 Å². The van der Waals surface area contributed by atoms with Crippen LogP contribution in [0.25, 0.3) is 11.4 Å². The van der Waals surface area contributed by atoms with Crippen molar-refractivity contribution in [1.82, 2.24) is 24.6 Å². The molecule has 4 rings (SSSR count). The average Bonchev–Trinajstić information content (AvgIpc) is 3.29. The van der Waals surface area contributed by atoms with Crippen LogP contribution in [0.3, 0.4) is 0 Å². The number of thiophene rings is 1. The minimum Gasteiger partial charge on any atom is -0.497 e. The van der Waals surface area contributed by atoms with Gasteiger partial charge in [-0.05, 0) is 64.5 Å². The molecule has 3 aromatic rings. The molecule has 0 bridgehead atoms. The molecule has 0 aliphatic carbocycles. The van der Waals surface area contributed by atoms with Gasteiger partial charge in [0.2, 0.25) is 4.77 Å². The lowest BCUT2D eigenvalue weighted by Gasteiger charge is -2.34. The fraction of sp³-hybridized carbons (Fsp3) is 0.368. The third kappa shape index (κ3) is 4.72. The summed E-state index contributed by atoms with van der Waals surface area (Å²) in [6.07, 6.45) is 0. The van der Waals surface area contributed by atoms with Gasteiger partial charge in [0, 0.05) is 43.2 Å². The zero-order valence-corrected chi connectivity index (χ0v) is 18.8. The zero-order chi connectivity index (χ0) is 19.5. The number of hydrogen-bond donors (Lipinski definition) is 1. The molecule has 1 N–H and O–H groups in total. The Labute approximate surface area is 181 Å². The molecular weight excluding hydrogens is 458 g/mol. The first-order valence-corrected chi connectivity index (χ1v) is 11.1. The Bertz CT molecular complexity index is 973. The number of halogens is 1. The van der Waals surface area contributed by atoms with Gasteiger partial charge in [0.25, 0.3) is 0 Å². The highest BCUT2D eigenvalue weighted by Crippen LogP contribution is 2.24. The number of hydrogen-bond acceptors (Lipinski definition) is 6. The molecule has 1 fully saturated rings. The van der Waals surface area contributed by atoms with Gasteiger partial charge in [-0.15, -0.1) is 11.3 Å². The molecule has 0 radical (unpaired) electrons. The number of methoxy groups -OCH3 is 1. The van der Waals surface area contributed by atoms with Gasteiger partial charge in [0.15, 0.2) is 5.82 Å². The molecule has 0 amide bonds. The van der Waals surface area contributed by atoms with Crippen LogP contribution in [0.4, 0.5) is 0 Å². The molecule has 0 unspecified atom stereocenters. The topological polar surface area (TPSA) is 49.3 Å². The Morgan fingerprint density at radius 3 is 2.46 bits per heavy atom. The van der Waals surface area contributed by atoms with Gasteiger partial charge in [-0.3, -0.25) is 14.9 Å². The maximum absolute atomic E-state index is 5.46. The van der Waals surface area contributed by atoms with Crippen molar-refractivity contribution in [2.24, 2.45) is 0 Å². The summed E-state index contributed by atoms with van der Waals surface area (Å²) in [6, 6.07) is 12.1. The Balaban J connectivity index is 1.35. The first kappa shape index (κ1) is 19.8. The number of H-pyrrole nitrogens is 1. The van der Waals surface area contributed by atoms with E-state index < -0.39 is 0 Å². The van der Waals surface area contributed by atoms with Crippen LogP contribution in [0.1, 0.15) is 4.88 Å². The molecule has 1 aliphatic rings.